The average Bonchev–Trinajstić information content (AvgIpc) is 2.76. The highest BCUT2D eigenvalue weighted by Gasteiger charge is 2.33. The molecule has 2 heterocycles. The van der Waals surface area contributed by atoms with Gasteiger partial charge in [-0.3, -0.25) is 15.1 Å². The van der Waals surface area contributed by atoms with Crippen LogP contribution in [0.15, 0.2) is 17.5 Å². The van der Waals surface area contributed by atoms with Crippen molar-refractivity contribution in [2.45, 2.75) is 20.0 Å². The van der Waals surface area contributed by atoms with Crippen molar-refractivity contribution >= 4 is 22.4 Å². The van der Waals surface area contributed by atoms with Crippen LogP contribution in [0.1, 0.15) is 27.4 Å². The van der Waals surface area contributed by atoms with Gasteiger partial charge in [-0.25, -0.2) is 4.98 Å². The predicted molar refractivity (Wildman–Crippen MR) is 68.8 cm³/mol. The number of thiazole rings is 1. The molecule has 1 amide bonds. The summed E-state index contributed by atoms with van der Waals surface area (Å²) in [5.41, 5.74) is 0.554. The van der Waals surface area contributed by atoms with Gasteiger partial charge in [0.1, 0.15) is 0 Å². The van der Waals surface area contributed by atoms with E-state index in [4.69, 9.17) is 0 Å². The normalized spacial score (nSPS) is 11.4. The van der Waals surface area contributed by atoms with Crippen LogP contribution in [0.2, 0.25) is 0 Å². The Morgan fingerprint density at radius 1 is 1.25 bits per heavy atom. The third-order valence-electron chi connectivity index (χ3n) is 2.48. The second-order valence-corrected chi connectivity index (χ2v) is 4.93. The number of carbonyl (C=O) groups is 1. The molecule has 0 spiro atoms. The minimum atomic E-state index is -4.51. The monoisotopic (exact) mass is 301 g/mol. The highest BCUT2D eigenvalue weighted by molar-refractivity contribution is 7.14. The zero-order chi connectivity index (χ0) is 14.9. The molecule has 1 N–H and O–H groups in total. The van der Waals surface area contributed by atoms with E-state index in [-0.39, 0.29) is 5.13 Å². The van der Waals surface area contributed by atoms with Gasteiger partial charge in [-0.1, -0.05) is 0 Å². The van der Waals surface area contributed by atoms with Crippen LogP contribution in [-0.4, -0.2) is 15.9 Å². The molecule has 0 atom stereocenters. The van der Waals surface area contributed by atoms with Crippen molar-refractivity contribution in [2.75, 3.05) is 5.32 Å². The van der Waals surface area contributed by atoms with Gasteiger partial charge < -0.3 is 0 Å². The molecule has 106 valence electrons. The molecule has 4 nitrogen and oxygen atoms in total. The number of amides is 1. The zero-order valence-electron chi connectivity index (χ0n) is 10.6. The van der Waals surface area contributed by atoms with Gasteiger partial charge in [0.15, 0.2) is 10.8 Å². The number of aryl methyl sites for hydroxylation is 2. The fourth-order valence-corrected chi connectivity index (χ4v) is 2.26. The van der Waals surface area contributed by atoms with Crippen LogP contribution in [0, 0.1) is 13.8 Å². The van der Waals surface area contributed by atoms with Gasteiger partial charge in [0.05, 0.1) is 11.3 Å². The number of aromatic nitrogens is 2. The van der Waals surface area contributed by atoms with Crippen LogP contribution < -0.4 is 5.32 Å². The van der Waals surface area contributed by atoms with E-state index in [2.05, 4.69) is 15.3 Å². The second-order valence-electron chi connectivity index (χ2n) is 4.08. The number of pyridine rings is 1. The Kier molecular flexibility index (Phi) is 3.76. The molecule has 0 bridgehead atoms. The number of halogens is 3. The predicted octanol–water partition coefficient (Wildman–Crippen LogP) is 3.43. The van der Waals surface area contributed by atoms with Gasteiger partial charge in [0.25, 0.3) is 5.91 Å². The maximum atomic E-state index is 12.4. The lowest BCUT2D eigenvalue weighted by Crippen LogP contribution is -2.14. The molecular weight excluding hydrogens is 291 g/mol. The van der Waals surface area contributed by atoms with Crippen molar-refractivity contribution in [1.82, 2.24) is 9.97 Å². The standard InChI is InChI=1S/C12H10F3N3OS/c1-6-3-4-8(7(2)16-6)10(19)18-11-17-9(5-20-11)12(13,14)15/h3-5H,1-2H3,(H,17,18,19). The molecule has 0 unspecified atom stereocenters. The summed E-state index contributed by atoms with van der Waals surface area (Å²) in [6.07, 6.45) is -4.51. The Morgan fingerprint density at radius 3 is 2.50 bits per heavy atom. The van der Waals surface area contributed by atoms with Crippen molar-refractivity contribution in [1.29, 1.82) is 0 Å². The van der Waals surface area contributed by atoms with Gasteiger partial charge >= 0.3 is 6.18 Å². The number of hydrogen-bond acceptors (Lipinski definition) is 4. The maximum absolute atomic E-state index is 12.4. The number of nitrogens with zero attached hydrogens (tertiary/aromatic N) is 2. The summed E-state index contributed by atoms with van der Waals surface area (Å²) in [5, 5.41) is 3.10. The van der Waals surface area contributed by atoms with E-state index in [0.29, 0.717) is 11.3 Å². The zero-order valence-corrected chi connectivity index (χ0v) is 11.4. The molecule has 0 saturated heterocycles. The van der Waals surface area contributed by atoms with E-state index < -0.39 is 17.8 Å². The molecule has 0 aliphatic rings. The summed E-state index contributed by atoms with van der Waals surface area (Å²) < 4.78 is 37.2. The molecule has 2 rings (SSSR count). The summed E-state index contributed by atoms with van der Waals surface area (Å²) in [6.45, 7) is 3.44. The molecule has 8 heteroatoms. The Bertz CT molecular complexity index is 652. The molecule has 0 aliphatic carbocycles. The van der Waals surface area contributed by atoms with Crippen LogP contribution >= 0.6 is 11.3 Å². The first kappa shape index (κ1) is 14.4. The summed E-state index contributed by atoms with van der Waals surface area (Å²) >= 11 is 0.725. The summed E-state index contributed by atoms with van der Waals surface area (Å²) in [5.74, 6) is -0.530. The fourth-order valence-electron chi connectivity index (χ4n) is 1.55. The van der Waals surface area contributed by atoms with Gasteiger partial charge in [0, 0.05) is 11.1 Å². The van der Waals surface area contributed by atoms with E-state index in [1.165, 1.54) is 0 Å². The molecule has 0 radical (unpaired) electrons. The van der Waals surface area contributed by atoms with E-state index in [1.807, 2.05) is 0 Å². The van der Waals surface area contributed by atoms with E-state index in [1.54, 1.807) is 26.0 Å². The first-order chi connectivity index (χ1) is 9.27. The van der Waals surface area contributed by atoms with Crippen molar-refractivity contribution in [3.05, 3.63) is 40.2 Å². The number of hydrogen-bond donors (Lipinski definition) is 1. The summed E-state index contributed by atoms with van der Waals surface area (Å²) in [6, 6.07) is 3.23. The lowest BCUT2D eigenvalue weighted by atomic mass is 10.2. The summed E-state index contributed by atoms with van der Waals surface area (Å²) in [4.78, 5) is 19.4. The molecule has 0 saturated carbocycles. The van der Waals surface area contributed by atoms with Crippen LogP contribution in [0.4, 0.5) is 18.3 Å². The lowest BCUT2D eigenvalue weighted by molar-refractivity contribution is -0.140. The number of rotatable bonds is 2. The van der Waals surface area contributed by atoms with E-state index in [9.17, 15) is 18.0 Å². The molecule has 0 aliphatic heterocycles. The smallest absolute Gasteiger partial charge is 0.298 e. The highest BCUT2D eigenvalue weighted by Crippen LogP contribution is 2.31. The number of carbonyl (C=O) groups excluding carboxylic acids is 1. The topological polar surface area (TPSA) is 54.9 Å². The van der Waals surface area contributed by atoms with Crippen LogP contribution in [0.25, 0.3) is 0 Å². The van der Waals surface area contributed by atoms with Crippen LogP contribution in [0.3, 0.4) is 0 Å². The molecule has 0 fully saturated rings. The Labute approximate surface area is 116 Å². The largest absolute Gasteiger partial charge is 0.434 e. The summed E-state index contributed by atoms with van der Waals surface area (Å²) in [7, 11) is 0. The Hall–Kier alpha value is -1.96. The van der Waals surface area contributed by atoms with Crippen LogP contribution in [0.5, 0.6) is 0 Å². The lowest BCUT2D eigenvalue weighted by Gasteiger charge is -2.05. The van der Waals surface area contributed by atoms with Gasteiger partial charge in [-0.05, 0) is 26.0 Å². The fraction of sp³-hybridized carbons (Fsp3) is 0.250. The quantitative estimate of drug-likeness (QED) is 0.924. The Morgan fingerprint density at radius 2 is 1.95 bits per heavy atom. The van der Waals surface area contributed by atoms with Gasteiger partial charge in [-0.2, -0.15) is 13.2 Å². The van der Waals surface area contributed by atoms with Crippen LogP contribution in [-0.2, 0) is 6.18 Å². The molecule has 2 aromatic heterocycles. The van der Waals surface area contributed by atoms with Crippen molar-refractivity contribution in [2.24, 2.45) is 0 Å². The first-order valence-corrected chi connectivity index (χ1v) is 6.43. The third-order valence-corrected chi connectivity index (χ3v) is 3.24. The highest BCUT2D eigenvalue weighted by atomic mass is 32.1. The van der Waals surface area contributed by atoms with Crippen molar-refractivity contribution in [3.63, 3.8) is 0 Å². The molecule has 0 aromatic carbocycles. The average molecular weight is 301 g/mol. The first-order valence-electron chi connectivity index (χ1n) is 5.55. The van der Waals surface area contributed by atoms with Gasteiger partial charge in [0.2, 0.25) is 0 Å². The molecular formula is C12H10F3N3OS. The van der Waals surface area contributed by atoms with Gasteiger partial charge in [-0.15, -0.1) is 11.3 Å². The van der Waals surface area contributed by atoms with Crippen molar-refractivity contribution in [3.8, 4) is 0 Å². The molecule has 20 heavy (non-hydrogen) atoms. The minimum absolute atomic E-state index is 0.0951. The van der Waals surface area contributed by atoms with E-state index >= 15 is 0 Å². The SMILES string of the molecule is Cc1ccc(C(=O)Nc2nc(C(F)(F)F)cs2)c(C)n1. The maximum Gasteiger partial charge on any atom is 0.434 e. The minimum Gasteiger partial charge on any atom is -0.298 e. The third kappa shape index (κ3) is 3.13. The number of anilines is 1. The number of alkyl halides is 3. The second kappa shape index (κ2) is 5.20. The van der Waals surface area contributed by atoms with E-state index in [0.717, 1.165) is 22.4 Å². The Balaban J connectivity index is 2.17. The van der Waals surface area contributed by atoms with Crippen molar-refractivity contribution < 1.29 is 18.0 Å². The number of nitrogens with one attached hydrogen (secondary N) is 1. The molecule has 2 aromatic rings.